The van der Waals surface area contributed by atoms with Crippen LogP contribution in [0.2, 0.25) is 0 Å². The van der Waals surface area contributed by atoms with E-state index >= 15 is 0 Å². The van der Waals surface area contributed by atoms with Crippen LogP contribution in [0.4, 0.5) is 0 Å². The highest BCUT2D eigenvalue weighted by Gasteiger charge is 2.45. The van der Waals surface area contributed by atoms with Crippen molar-refractivity contribution in [1.29, 1.82) is 0 Å². The first-order valence-corrected chi connectivity index (χ1v) is 5.12. The Morgan fingerprint density at radius 1 is 1.47 bits per heavy atom. The molecule has 0 aromatic heterocycles. The largest absolute Gasteiger partial charge is 0.461 e. The molecule has 0 amide bonds. The maximum absolute atomic E-state index is 11.6. The minimum atomic E-state index is -0.773. The van der Waals surface area contributed by atoms with E-state index < -0.39 is 24.0 Å². The number of carbonyl (C=O) groups is 1. The molecule has 0 aliphatic carbocycles. The SMILES string of the molecule is CC(C)OC(=O)[C@H]1OC(C)(C)O[C@H]1CN. The first-order chi connectivity index (χ1) is 6.85. The highest BCUT2D eigenvalue weighted by Crippen LogP contribution is 2.28. The molecule has 0 spiro atoms. The van der Waals surface area contributed by atoms with Gasteiger partial charge in [0.05, 0.1) is 6.10 Å². The molecule has 0 radical (unpaired) electrons. The Bertz CT molecular complexity index is 240. The fourth-order valence-corrected chi connectivity index (χ4v) is 1.51. The summed E-state index contributed by atoms with van der Waals surface area (Å²) in [6, 6.07) is 0. The number of nitrogens with two attached hydrogens (primary N) is 1. The maximum Gasteiger partial charge on any atom is 0.338 e. The van der Waals surface area contributed by atoms with Crippen LogP contribution in [0.3, 0.4) is 0 Å². The molecule has 0 bridgehead atoms. The van der Waals surface area contributed by atoms with E-state index in [-0.39, 0.29) is 12.6 Å². The molecule has 2 N–H and O–H groups in total. The highest BCUT2D eigenvalue weighted by atomic mass is 16.8. The van der Waals surface area contributed by atoms with Crippen LogP contribution in [0.1, 0.15) is 27.7 Å². The van der Waals surface area contributed by atoms with Crippen molar-refractivity contribution in [2.45, 2.75) is 51.8 Å². The van der Waals surface area contributed by atoms with Gasteiger partial charge < -0.3 is 19.9 Å². The minimum Gasteiger partial charge on any atom is -0.461 e. The van der Waals surface area contributed by atoms with Crippen LogP contribution in [0.5, 0.6) is 0 Å². The van der Waals surface area contributed by atoms with Gasteiger partial charge in [0.15, 0.2) is 11.9 Å². The molecule has 1 fully saturated rings. The normalized spacial score (nSPS) is 29.5. The molecule has 1 heterocycles. The summed E-state index contributed by atoms with van der Waals surface area (Å²) in [5.74, 6) is -1.18. The second-order valence-corrected chi connectivity index (χ2v) is 4.32. The van der Waals surface area contributed by atoms with Crippen molar-refractivity contribution in [3.05, 3.63) is 0 Å². The third-order valence-electron chi connectivity index (χ3n) is 2.00. The summed E-state index contributed by atoms with van der Waals surface area (Å²) in [4.78, 5) is 11.6. The summed E-state index contributed by atoms with van der Waals surface area (Å²) in [6.45, 7) is 7.31. The van der Waals surface area contributed by atoms with Crippen molar-refractivity contribution in [1.82, 2.24) is 0 Å². The lowest BCUT2D eigenvalue weighted by Gasteiger charge is -2.17. The van der Waals surface area contributed by atoms with Crippen LogP contribution >= 0.6 is 0 Å². The fourth-order valence-electron chi connectivity index (χ4n) is 1.51. The van der Waals surface area contributed by atoms with E-state index in [2.05, 4.69) is 0 Å². The van der Waals surface area contributed by atoms with E-state index in [1.165, 1.54) is 0 Å². The molecule has 1 saturated heterocycles. The first-order valence-electron chi connectivity index (χ1n) is 5.12. The van der Waals surface area contributed by atoms with Crippen LogP contribution in [-0.4, -0.2) is 36.6 Å². The van der Waals surface area contributed by atoms with Gasteiger partial charge in [0.1, 0.15) is 6.10 Å². The summed E-state index contributed by atoms with van der Waals surface area (Å²) in [5, 5.41) is 0. The number of hydrogen-bond donors (Lipinski definition) is 1. The second kappa shape index (κ2) is 4.47. The van der Waals surface area contributed by atoms with Gasteiger partial charge >= 0.3 is 5.97 Å². The van der Waals surface area contributed by atoms with Crippen molar-refractivity contribution in [3.63, 3.8) is 0 Å². The summed E-state index contributed by atoms with van der Waals surface area (Å²) >= 11 is 0. The Morgan fingerprint density at radius 3 is 2.53 bits per heavy atom. The first kappa shape index (κ1) is 12.4. The number of esters is 1. The fraction of sp³-hybridized carbons (Fsp3) is 0.900. The second-order valence-electron chi connectivity index (χ2n) is 4.32. The van der Waals surface area contributed by atoms with E-state index in [0.29, 0.717) is 0 Å². The predicted molar refractivity (Wildman–Crippen MR) is 54.1 cm³/mol. The van der Waals surface area contributed by atoms with Crippen molar-refractivity contribution < 1.29 is 19.0 Å². The zero-order valence-electron chi connectivity index (χ0n) is 9.65. The zero-order valence-corrected chi connectivity index (χ0v) is 9.65. The monoisotopic (exact) mass is 217 g/mol. The van der Waals surface area contributed by atoms with Gasteiger partial charge in [-0.15, -0.1) is 0 Å². The van der Waals surface area contributed by atoms with E-state index in [0.717, 1.165) is 0 Å². The maximum atomic E-state index is 11.6. The Balaban J connectivity index is 2.64. The number of rotatable bonds is 3. The quantitative estimate of drug-likeness (QED) is 0.693. The molecule has 88 valence electrons. The summed E-state index contributed by atoms with van der Waals surface area (Å²) in [7, 11) is 0. The van der Waals surface area contributed by atoms with E-state index in [1.54, 1.807) is 27.7 Å². The van der Waals surface area contributed by atoms with Gasteiger partial charge in [-0.25, -0.2) is 4.79 Å². The standard InChI is InChI=1S/C10H19NO4/c1-6(2)13-9(12)8-7(5-11)14-10(3,4)15-8/h6-8H,5,11H2,1-4H3/t7-,8-/m0/s1. The smallest absolute Gasteiger partial charge is 0.338 e. The highest BCUT2D eigenvalue weighted by molar-refractivity contribution is 5.76. The van der Waals surface area contributed by atoms with E-state index in [9.17, 15) is 4.79 Å². The molecule has 0 aromatic rings. The van der Waals surface area contributed by atoms with Gasteiger partial charge in [-0.1, -0.05) is 0 Å². The van der Waals surface area contributed by atoms with Crippen molar-refractivity contribution in [3.8, 4) is 0 Å². The number of hydrogen-bond acceptors (Lipinski definition) is 5. The van der Waals surface area contributed by atoms with Crippen molar-refractivity contribution in [2.24, 2.45) is 5.73 Å². The number of carbonyl (C=O) groups excluding carboxylic acids is 1. The average molecular weight is 217 g/mol. The van der Waals surface area contributed by atoms with Crippen LogP contribution < -0.4 is 5.73 Å². The average Bonchev–Trinajstić information content (AvgIpc) is 2.40. The predicted octanol–water partition coefficient (Wildman–Crippen LogP) is 0.417. The molecule has 2 atom stereocenters. The van der Waals surface area contributed by atoms with E-state index in [1.807, 2.05) is 0 Å². The molecular weight excluding hydrogens is 198 g/mol. The van der Waals surface area contributed by atoms with Gasteiger partial charge in [-0.05, 0) is 27.7 Å². The topological polar surface area (TPSA) is 70.8 Å². The lowest BCUT2D eigenvalue weighted by atomic mass is 10.2. The summed E-state index contributed by atoms with van der Waals surface area (Å²) < 4.78 is 16.0. The van der Waals surface area contributed by atoms with Crippen LogP contribution in [0.15, 0.2) is 0 Å². The van der Waals surface area contributed by atoms with Crippen molar-refractivity contribution in [2.75, 3.05) is 6.54 Å². The molecule has 0 unspecified atom stereocenters. The van der Waals surface area contributed by atoms with Gasteiger partial charge in [0.25, 0.3) is 0 Å². The van der Waals surface area contributed by atoms with Gasteiger partial charge in [-0.3, -0.25) is 0 Å². The lowest BCUT2D eigenvalue weighted by Crippen LogP contribution is -2.38. The lowest BCUT2D eigenvalue weighted by molar-refractivity contribution is -0.173. The van der Waals surface area contributed by atoms with Crippen LogP contribution in [0, 0.1) is 0 Å². The van der Waals surface area contributed by atoms with Gasteiger partial charge in [-0.2, -0.15) is 0 Å². The molecule has 1 aliphatic rings. The van der Waals surface area contributed by atoms with Gasteiger partial charge in [0, 0.05) is 6.54 Å². The minimum absolute atomic E-state index is 0.164. The molecule has 0 aromatic carbocycles. The molecule has 5 nitrogen and oxygen atoms in total. The Labute approximate surface area is 89.9 Å². The van der Waals surface area contributed by atoms with E-state index in [4.69, 9.17) is 19.9 Å². The third kappa shape index (κ3) is 3.15. The number of ether oxygens (including phenoxy) is 3. The van der Waals surface area contributed by atoms with Gasteiger partial charge in [0.2, 0.25) is 0 Å². The molecule has 15 heavy (non-hydrogen) atoms. The van der Waals surface area contributed by atoms with Crippen molar-refractivity contribution >= 4 is 5.97 Å². The molecular formula is C10H19NO4. The Kier molecular flexibility index (Phi) is 3.70. The van der Waals surface area contributed by atoms with Crippen LogP contribution in [-0.2, 0) is 19.0 Å². The van der Waals surface area contributed by atoms with Crippen LogP contribution in [0.25, 0.3) is 0 Å². The Hall–Kier alpha value is -0.650. The third-order valence-corrected chi connectivity index (χ3v) is 2.00. The molecule has 0 saturated carbocycles. The molecule has 1 rings (SSSR count). The Morgan fingerprint density at radius 2 is 2.07 bits per heavy atom. The molecule has 1 aliphatic heterocycles. The summed E-state index contributed by atoms with van der Waals surface area (Å²) in [6.07, 6.45) is -1.30. The zero-order chi connectivity index (χ0) is 11.6. The summed E-state index contributed by atoms with van der Waals surface area (Å²) in [5.41, 5.74) is 5.50. The molecule has 5 heteroatoms.